The lowest BCUT2D eigenvalue weighted by Crippen LogP contribution is -2.02. The Bertz CT molecular complexity index is 300. The van der Waals surface area contributed by atoms with E-state index in [1.807, 2.05) is 38.6 Å². The van der Waals surface area contributed by atoms with E-state index in [9.17, 15) is 4.79 Å². The molecule has 0 amide bonds. The third kappa shape index (κ3) is 1.97. The molecule has 0 fully saturated rings. The number of hydrogen-bond acceptors (Lipinski definition) is 2. The highest BCUT2D eigenvalue weighted by atomic mass is 16.1. The summed E-state index contributed by atoms with van der Waals surface area (Å²) in [7, 11) is 0. The van der Waals surface area contributed by atoms with Gasteiger partial charge in [-0.3, -0.25) is 9.48 Å². The van der Waals surface area contributed by atoms with E-state index in [4.69, 9.17) is 0 Å². The van der Waals surface area contributed by atoms with Crippen LogP contribution in [0.1, 0.15) is 55.7 Å². The van der Waals surface area contributed by atoms with Gasteiger partial charge in [0.15, 0.2) is 6.29 Å². The van der Waals surface area contributed by atoms with E-state index in [-0.39, 0.29) is 0 Å². The van der Waals surface area contributed by atoms with Gasteiger partial charge in [-0.1, -0.05) is 13.8 Å². The molecule has 0 unspecified atom stereocenters. The van der Waals surface area contributed by atoms with Crippen molar-refractivity contribution in [2.24, 2.45) is 0 Å². The molecule has 72 valence electrons. The van der Waals surface area contributed by atoms with Crippen LogP contribution in [0.25, 0.3) is 0 Å². The van der Waals surface area contributed by atoms with Gasteiger partial charge in [-0.15, -0.1) is 0 Å². The second-order valence-electron chi connectivity index (χ2n) is 3.82. The fraction of sp³-hybridized carbons (Fsp3) is 0.600. The molecule has 0 aliphatic carbocycles. The normalized spacial score (nSPS) is 11.2. The SMILES string of the molecule is CC(C)c1nn(C(C)C)cc1C=O. The van der Waals surface area contributed by atoms with Crippen LogP contribution >= 0.6 is 0 Å². The van der Waals surface area contributed by atoms with Crippen LogP contribution in [0.4, 0.5) is 0 Å². The minimum Gasteiger partial charge on any atom is -0.298 e. The van der Waals surface area contributed by atoms with Crippen LogP contribution in [0.2, 0.25) is 0 Å². The largest absolute Gasteiger partial charge is 0.298 e. The van der Waals surface area contributed by atoms with Gasteiger partial charge in [0.2, 0.25) is 0 Å². The van der Waals surface area contributed by atoms with Crippen LogP contribution in [0.3, 0.4) is 0 Å². The zero-order valence-electron chi connectivity index (χ0n) is 8.61. The van der Waals surface area contributed by atoms with Gasteiger partial charge >= 0.3 is 0 Å². The summed E-state index contributed by atoms with van der Waals surface area (Å²) >= 11 is 0. The number of aldehydes is 1. The number of carbonyl (C=O) groups is 1. The van der Waals surface area contributed by atoms with Crippen molar-refractivity contribution in [2.75, 3.05) is 0 Å². The Morgan fingerprint density at radius 3 is 2.31 bits per heavy atom. The van der Waals surface area contributed by atoms with Crippen LogP contribution in [-0.4, -0.2) is 16.1 Å². The molecule has 0 aliphatic heterocycles. The Morgan fingerprint density at radius 1 is 1.38 bits per heavy atom. The minimum absolute atomic E-state index is 0.306. The van der Waals surface area contributed by atoms with Crippen molar-refractivity contribution in [3.8, 4) is 0 Å². The van der Waals surface area contributed by atoms with Crippen molar-refractivity contribution >= 4 is 6.29 Å². The van der Waals surface area contributed by atoms with Crippen LogP contribution < -0.4 is 0 Å². The van der Waals surface area contributed by atoms with Crippen LogP contribution in [-0.2, 0) is 0 Å². The van der Waals surface area contributed by atoms with E-state index in [1.54, 1.807) is 0 Å². The van der Waals surface area contributed by atoms with Gasteiger partial charge in [-0.05, 0) is 19.8 Å². The number of nitrogens with zero attached hydrogens (tertiary/aromatic N) is 2. The van der Waals surface area contributed by atoms with Crippen molar-refractivity contribution in [1.29, 1.82) is 0 Å². The molecule has 0 N–H and O–H groups in total. The molecule has 0 aromatic carbocycles. The highest BCUT2D eigenvalue weighted by molar-refractivity contribution is 5.76. The van der Waals surface area contributed by atoms with Gasteiger partial charge in [0, 0.05) is 12.2 Å². The maximum Gasteiger partial charge on any atom is 0.153 e. The smallest absolute Gasteiger partial charge is 0.153 e. The first-order valence-electron chi connectivity index (χ1n) is 4.60. The highest BCUT2D eigenvalue weighted by Crippen LogP contribution is 2.17. The van der Waals surface area contributed by atoms with Crippen molar-refractivity contribution in [1.82, 2.24) is 9.78 Å². The summed E-state index contributed by atoms with van der Waals surface area (Å²) in [6.45, 7) is 8.18. The lowest BCUT2D eigenvalue weighted by molar-refractivity contribution is 0.112. The monoisotopic (exact) mass is 180 g/mol. The average molecular weight is 180 g/mol. The molecule has 1 aromatic heterocycles. The molecular formula is C10H16N2O. The Balaban J connectivity index is 3.11. The first-order valence-corrected chi connectivity index (χ1v) is 4.60. The Hall–Kier alpha value is -1.12. The second-order valence-corrected chi connectivity index (χ2v) is 3.82. The van der Waals surface area contributed by atoms with E-state index < -0.39 is 0 Å². The third-order valence-electron chi connectivity index (χ3n) is 1.99. The molecule has 3 nitrogen and oxygen atoms in total. The maximum atomic E-state index is 10.7. The number of aromatic nitrogens is 2. The molecule has 1 aromatic rings. The molecule has 0 aliphatic rings. The maximum absolute atomic E-state index is 10.7. The van der Waals surface area contributed by atoms with Crippen molar-refractivity contribution in [3.63, 3.8) is 0 Å². The molecule has 1 heterocycles. The molecule has 0 atom stereocenters. The topological polar surface area (TPSA) is 34.9 Å². The average Bonchev–Trinajstić information content (AvgIpc) is 2.47. The molecule has 0 spiro atoms. The summed E-state index contributed by atoms with van der Waals surface area (Å²) in [6.07, 6.45) is 2.69. The van der Waals surface area contributed by atoms with E-state index in [0.29, 0.717) is 17.5 Å². The van der Waals surface area contributed by atoms with Crippen LogP contribution in [0, 0.1) is 0 Å². The number of carbonyl (C=O) groups excluding carboxylic acids is 1. The Kier molecular flexibility index (Phi) is 2.86. The first-order chi connectivity index (χ1) is 6.06. The highest BCUT2D eigenvalue weighted by Gasteiger charge is 2.12. The van der Waals surface area contributed by atoms with Gasteiger partial charge < -0.3 is 0 Å². The summed E-state index contributed by atoms with van der Waals surface area (Å²) < 4.78 is 1.83. The van der Waals surface area contributed by atoms with Gasteiger partial charge in [0.25, 0.3) is 0 Å². The van der Waals surface area contributed by atoms with Crippen molar-refractivity contribution < 1.29 is 4.79 Å². The molecule has 0 saturated heterocycles. The predicted molar refractivity (Wildman–Crippen MR) is 52.1 cm³/mol. The minimum atomic E-state index is 0.306. The lowest BCUT2D eigenvalue weighted by atomic mass is 10.1. The molecule has 3 heteroatoms. The molecule has 1 rings (SSSR count). The summed E-state index contributed by atoms with van der Waals surface area (Å²) in [5, 5.41) is 4.37. The Labute approximate surface area is 78.8 Å². The number of hydrogen-bond donors (Lipinski definition) is 0. The zero-order valence-corrected chi connectivity index (χ0v) is 8.61. The van der Waals surface area contributed by atoms with Crippen molar-refractivity contribution in [2.45, 2.75) is 39.7 Å². The van der Waals surface area contributed by atoms with Gasteiger partial charge in [0.1, 0.15) is 0 Å². The van der Waals surface area contributed by atoms with Crippen LogP contribution in [0.15, 0.2) is 6.20 Å². The summed E-state index contributed by atoms with van der Waals surface area (Å²) in [6, 6.07) is 0.311. The molecule has 0 saturated carbocycles. The van der Waals surface area contributed by atoms with Gasteiger partial charge in [0.05, 0.1) is 11.3 Å². The third-order valence-corrected chi connectivity index (χ3v) is 1.99. The molecule has 13 heavy (non-hydrogen) atoms. The Morgan fingerprint density at radius 2 is 2.00 bits per heavy atom. The molecular weight excluding hydrogens is 164 g/mol. The van der Waals surface area contributed by atoms with Gasteiger partial charge in [-0.2, -0.15) is 5.10 Å². The fourth-order valence-electron chi connectivity index (χ4n) is 1.22. The van der Waals surface area contributed by atoms with Crippen molar-refractivity contribution in [3.05, 3.63) is 17.5 Å². The van der Waals surface area contributed by atoms with E-state index in [0.717, 1.165) is 12.0 Å². The zero-order chi connectivity index (χ0) is 10.0. The predicted octanol–water partition coefficient (Wildman–Crippen LogP) is 2.40. The summed E-state index contributed by atoms with van der Waals surface area (Å²) in [5.74, 6) is 0.306. The molecule has 0 radical (unpaired) electrons. The van der Waals surface area contributed by atoms with E-state index in [2.05, 4.69) is 5.10 Å². The summed E-state index contributed by atoms with van der Waals surface area (Å²) in [4.78, 5) is 10.7. The first kappa shape index (κ1) is 9.96. The van der Waals surface area contributed by atoms with E-state index >= 15 is 0 Å². The fourth-order valence-corrected chi connectivity index (χ4v) is 1.22. The summed E-state index contributed by atoms with van der Waals surface area (Å²) in [5.41, 5.74) is 1.60. The second kappa shape index (κ2) is 3.73. The van der Waals surface area contributed by atoms with Gasteiger partial charge in [-0.25, -0.2) is 0 Å². The standard InChI is InChI=1S/C10H16N2O/c1-7(2)10-9(6-13)5-12(11-10)8(3)4/h5-8H,1-4H3. The van der Waals surface area contributed by atoms with E-state index in [1.165, 1.54) is 0 Å². The molecule has 0 bridgehead atoms. The lowest BCUT2D eigenvalue weighted by Gasteiger charge is -2.04. The number of rotatable bonds is 3. The quantitative estimate of drug-likeness (QED) is 0.669. The van der Waals surface area contributed by atoms with Crippen LogP contribution in [0.5, 0.6) is 0 Å².